The lowest BCUT2D eigenvalue weighted by Crippen LogP contribution is -2.43. The number of nitrogens with one attached hydrogen (secondary N) is 1. The fourth-order valence-corrected chi connectivity index (χ4v) is 3.33. The van der Waals surface area contributed by atoms with Crippen molar-refractivity contribution in [2.24, 2.45) is 0 Å². The maximum atomic E-state index is 12.4. The first-order chi connectivity index (χ1) is 9.42. The van der Waals surface area contributed by atoms with E-state index in [9.17, 15) is 14.5 Å². The van der Waals surface area contributed by atoms with Crippen LogP contribution in [-0.2, 0) is 24.8 Å². The number of benzene rings is 1. The van der Waals surface area contributed by atoms with E-state index in [1.165, 1.54) is 21.1 Å². The van der Waals surface area contributed by atoms with Gasteiger partial charge in [0.15, 0.2) is 5.78 Å². The van der Waals surface area contributed by atoms with Gasteiger partial charge in [0.05, 0.1) is 6.10 Å². The van der Waals surface area contributed by atoms with E-state index in [1.54, 1.807) is 0 Å². The van der Waals surface area contributed by atoms with Crippen LogP contribution in [0.5, 0.6) is 0 Å². The second-order valence-corrected chi connectivity index (χ2v) is 6.67. The number of hydrogen-bond donors (Lipinski definition) is 2. The Bertz CT molecular complexity index is 471. The predicted octanol–water partition coefficient (Wildman–Crippen LogP) is 1.54. The van der Waals surface area contributed by atoms with Crippen molar-refractivity contribution >= 4 is 13.5 Å². The predicted molar refractivity (Wildman–Crippen MR) is 75.4 cm³/mol. The lowest BCUT2D eigenvalue weighted by molar-refractivity contribution is -0.120. The van der Waals surface area contributed by atoms with Crippen molar-refractivity contribution in [3.05, 3.63) is 35.9 Å². The number of rotatable bonds is 7. The molecular formula is C13H20NO5P. The minimum absolute atomic E-state index is 0.225. The zero-order chi connectivity index (χ0) is 15.2. The third-order valence-electron chi connectivity index (χ3n) is 2.85. The number of amides is 1. The van der Waals surface area contributed by atoms with Crippen molar-refractivity contribution < 1.29 is 23.5 Å². The summed E-state index contributed by atoms with van der Waals surface area (Å²) in [5, 5.41) is 12.7. The average Bonchev–Trinajstić information content (AvgIpc) is 2.44. The monoisotopic (exact) mass is 301 g/mol. The van der Waals surface area contributed by atoms with E-state index < -0.39 is 25.4 Å². The molecule has 20 heavy (non-hydrogen) atoms. The molecule has 0 radical (unpaired) electrons. The Labute approximate surface area is 118 Å². The molecule has 0 aromatic heterocycles. The standard InChI is InChI=1S/C13H20NO5P/c1-10(15)14-13(20(17,18-2)19-3)12(16)9-11-7-5-4-6-8-11/h4-8,12-13,16H,9H2,1-3H3,(H,14,15)/t12-,13-/m0/s1. The van der Waals surface area contributed by atoms with Crippen LogP contribution in [0.25, 0.3) is 0 Å². The van der Waals surface area contributed by atoms with E-state index in [1.807, 2.05) is 30.3 Å². The van der Waals surface area contributed by atoms with Gasteiger partial charge in [-0.05, 0) is 5.56 Å². The fourth-order valence-electron chi connectivity index (χ4n) is 1.86. The molecule has 7 heteroatoms. The maximum absolute atomic E-state index is 12.4. The normalized spacial score (nSPS) is 14.6. The van der Waals surface area contributed by atoms with Gasteiger partial charge in [0.2, 0.25) is 5.91 Å². The highest BCUT2D eigenvalue weighted by atomic mass is 31.2. The summed E-state index contributed by atoms with van der Waals surface area (Å²) >= 11 is 0. The zero-order valence-corrected chi connectivity index (χ0v) is 12.7. The summed E-state index contributed by atoms with van der Waals surface area (Å²) in [6, 6.07) is 9.19. The first-order valence-corrected chi connectivity index (χ1v) is 7.74. The van der Waals surface area contributed by atoms with Gasteiger partial charge in [-0.1, -0.05) is 30.3 Å². The SMILES string of the molecule is COP(=O)(OC)[C@H](NC(C)=O)[C@@H](O)Cc1ccccc1. The Morgan fingerprint density at radius 1 is 1.30 bits per heavy atom. The molecule has 0 bridgehead atoms. The quantitative estimate of drug-likeness (QED) is 0.746. The maximum Gasteiger partial charge on any atom is 0.354 e. The van der Waals surface area contributed by atoms with E-state index in [4.69, 9.17) is 9.05 Å². The first kappa shape index (κ1) is 16.9. The molecule has 1 amide bonds. The van der Waals surface area contributed by atoms with Crippen LogP contribution in [0.1, 0.15) is 12.5 Å². The molecule has 0 unspecified atom stereocenters. The molecule has 1 aromatic carbocycles. The fraction of sp³-hybridized carbons (Fsp3) is 0.462. The summed E-state index contributed by atoms with van der Waals surface area (Å²) in [5.41, 5.74) is 0.856. The molecule has 0 fully saturated rings. The summed E-state index contributed by atoms with van der Waals surface area (Å²) < 4.78 is 22.1. The van der Waals surface area contributed by atoms with Gasteiger partial charge in [0, 0.05) is 27.6 Å². The van der Waals surface area contributed by atoms with Crippen molar-refractivity contribution in [1.82, 2.24) is 5.32 Å². The third-order valence-corrected chi connectivity index (χ3v) is 5.03. The van der Waals surface area contributed by atoms with Crippen molar-refractivity contribution in [2.75, 3.05) is 14.2 Å². The van der Waals surface area contributed by atoms with Crippen LogP contribution in [0.3, 0.4) is 0 Å². The Kier molecular flexibility index (Phi) is 6.36. The minimum Gasteiger partial charge on any atom is -0.390 e. The Hall–Kier alpha value is -1.20. The summed E-state index contributed by atoms with van der Waals surface area (Å²) in [7, 11) is -1.19. The van der Waals surface area contributed by atoms with E-state index >= 15 is 0 Å². The van der Waals surface area contributed by atoms with Gasteiger partial charge in [-0.15, -0.1) is 0 Å². The molecule has 0 heterocycles. The van der Waals surface area contributed by atoms with Gasteiger partial charge in [-0.3, -0.25) is 9.36 Å². The summed E-state index contributed by atoms with van der Waals surface area (Å²) in [4.78, 5) is 11.2. The van der Waals surface area contributed by atoms with Crippen LogP contribution in [0.4, 0.5) is 0 Å². The molecule has 0 saturated heterocycles. The molecule has 2 N–H and O–H groups in total. The zero-order valence-electron chi connectivity index (χ0n) is 11.8. The van der Waals surface area contributed by atoms with Gasteiger partial charge in [-0.2, -0.15) is 0 Å². The number of hydrogen-bond acceptors (Lipinski definition) is 5. The van der Waals surface area contributed by atoms with Crippen LogP contribution in [0, 0.1) is 0 Å². The van der Waals surface area contributed by atoms with E-state index in [-0.39, 0.29) is 6.42 Å². The van der Waals surface area contributed by atoms with E-state index in [0.717, 1.165) is 5.56 Å². The summed E-state index contributed by atoms with van der Waals surface area (Å²) in [6.45, 7) is 1.28. The Balaban J connectivity index is 2.93. The summed E-state index contributed by atoms with van der Waals surface area (Å²) in [5.74, 6) is -1.54. The molecule has 0 aliphatic carbocycles. The molecule has 2 atom stereocenters. The molecule has 0 spiro atoms. The molecule has 0 aliphatic heterocycles. The van der Waals surface area contributed by atoms with Crippen LogP contribution >= 0.6 is 7.60 Å². The highest BCUT2D eigenvalue weighted by Gasteiger charge is 2.40. The molecular weight excluding hydrogens is 281 g/mol. The second kappa shape index (κ2) is 7.55. The highest BCUT2D eigenvalue weighted by molar-refractivity contribution is 7.54. The average molecular weight is 301 g/mol. The molecule has 6 nitrogen and oxygen atoms in total. The van der Waals surface area contributed by atoms with Crippen LogP contribution in [-0.4, -0.2) is 37.1 Å². The lowest BCUT2D eigenvalue weighted by atomic mass is 10.1. The minimum atomic E-state index is -3.62. The number of carbonyl (C=O) groups excluding carboxylic acids is 1. The largest absolute Gasteiger partial charge is 0.390 e. The molecule has 0 saturated carbocycles. The topological polar surface area (TPSA) is 84.9 Å². The van der Waals surface area contributed by atoms with Crippen molar-refractivity contribution in [3.63, 3.8) is 0 Å². The van der Waals surface area contributed by atoms with E-state index in [0.29, 0.717) is 0 Å². The Morgan fingerprint density at radius 2 is 1.85 bits per heavy atom. The van der Waals surface area contributed by atoms with Crippen LogP contribution < -0.4 is 5.32 Å². The van der Waals surface area contributed by atoms with E-state index in [2.05, 4.69) is 5.32 Å². The molecule has 1 rings (SSSR count). The molecule has 1 aromatic rings. The van der Waals surface area contributed by atoms with Crippen LogP contribution in [0.2, 0.25) is 0 Å². The second-order valence-electron chi connectivity index (χ2n) is 4.31. The van der Waals surface area contributed by atoms with Gasteiger partial charge in [0.1, 0.15) is 0 Å². The summed E-state index contributed by atoms with van der Waals surface area (Å²) in [6.07, 6.45) is -0.866. The van der Waals surface area contributed by atoms with Crippen LogP contribution in [0.15, 0.2) is 30.3 Å². The third kappa shape index (κ3) is 4.42. The van der Waals surface area contributed by atoms with Gasteiger partial charge < -0.3 is 19.5 Å². The lowest BCUT2D eigenvalue weighted by Gasteiger charge is -2.28. The van der Waals surface area contributed by atoms with Crippen molar-refractivity contribution in [1.29, 1.82) is 0 Å². The smallest absolute Gasteiger partial charge is 0.354 e. The number of carbonyl (C=O) groups is 1. The number of aliphatic hydroxyl groups is 1. The highest BCUT2D eigenvalue weighted by Crippen LogP contribution is 2.51. The van der Waals surface area contributed by atoms with Gasteiger partial charge in [-0.25, -0.2) is 0 Å². The first-order valence-electron chi connectivity index (χ1n) is 6.13. The van der Waals surface area contributed by atoms with Crippen molar-refractivity contribution in [3.8, 4) is 0 Å². The molecule has 112 valence electrons. The Morgan fingerprint density at radius 3 is 2.30 bits per heavy atom. The van der Waals surface area contributed by atoms with Gasteiger partial charge in [0.25, 0.3) is 0 Å². The number of aliphatic hydroxyl groups excluding tert-OH is 1. The van der Waals surface area contributed by atoms with Crippen molar-refractivity contribution in [2.45, 2.75) is 25.2 Å². The molecule has 0 aliphatic rings. The van der Waals surface area contributed by atoms with Gasteiger partial charge >= 0.3 is 7.60 Å².